The van der Waals surface area contributed by atoms with E-state index in [0.29, 0.717) is 11.4 Å². The summed E-state index contributed by atoms with van der Waals surface area (Å²) in [5.41, 5.74) is 1.48. The van der Waals surface area contributed by atoms with Crippen molar-refractivity contribution < 1.29 is 17.9 Å². The van der Waals surface area contributed by atoms with Crippen molar-refractivity contribution in [2.75, 3.05) is 17.1 Å². The number of sulfonamides is 1. The lowest BCUT2D eigenvalue weighted by atomic mass is 10.2. The van der Waals surface area contributed by atoms with E-state index in [4.69, 9.17) is 4.74 Å². The average Bonchev–Trinajstić information content (AvgIpc) is 3.01. The summed E-state index contributed by atoms with van der Waals surface area (Å²) in [6.45, 7) is 2.20. The van der Waals surface area contributed by atoms with Gasteiger partial charge in [-0.15, -0.1) is 10.2 Å². The number of hydrogen-bond acceptors (Lipinski definition) is 6. The van der Waals surface area contributed by atoms with Gasteiger partial charge in [0.25, 0.3) is 10.0 Å². The zero-order chi connectivity index (χ0) is 22.7. The highest BCUT2D eigenvalue weighted by Crippen LogP contribution is 2.30. The molecule has 1 aromatic heterocycles. The summed E-state index contributed by atoms with van der Waals surface area (Å²) in [5, 5.41) is 11.3. The van der Waals surface area contributed by atoms with Gasteiger partial charge in [-0.2, -0.15) is 0 Å². The number of aromatic nitrogens is 3. The molecule has 1 aliphatic rings. The van der Waals surface area contributed by atoms with Gasteiger partial charge in [-0.05, 0) is 43.2 Å². The Balaban J connectivity index is 1.63. The Morgan fingerprint density at radius 3 is 2.72 bits per heavy atom. The number of carbonyl (C=O) groups is 1. The maximum atomic E-state index is 13.0. The Morgan fingerprint density at radius 2 is 1.94 bits per heavy atom. The van der Waals surface area contributed by atoms with E-state index in [2.05, 4.69) is 24.8 Å². The van der Waals surface area contributed by atoms with E-state index in [-0.39, 0.29) is 16.5 Å². The fraction of sp³-hybridized carbons (Fsp3) is 0.318. The van der Waals surface area contributed by atoms with Crippen molar-refractivity contribution >= 4 is 27.3 Å². The van der Waals surface area contributed by atoms with Gasteiger partial charge in [0.15, 0.2) is 5.82 Å². The molecule has 0 bridgehead atoms. The lowest BCUT2D eigenvalue weighted by Gasteiger charge is -2.13. The highest BCUT2D eigenvalue weighted by molar-refractivity contribution is 7.92. The average molecular weight is 456 g/mol. The Hall–Kier alpha value is -3.40. The lowest BCUT2D eigenvalue weighted by molar-refractivity contribution is -0.114. The van der Waals surface area contributed by atoms with E-state index in [1.807, 2.05) is 6.07 Å². The summed E-state index contributed by atoms with van der Waals surface area (Å²) in [6, 6.07) is 11.4. The van der Waals surface area contributed by atoms with Gasteiger partial charge in [-0.25, -0.2) is 8.42 Å². The molecule has 3 aromatic rings. The Kier molecular flexibility index (Phi) is 6.13. The normalized spacial score (nSPS) is 13.7. The summed E-state index contributed by atoms with van der Waals surface area (Å²) < 4.78 is 36.0. The van der Waals surface area contributed by atoms with E-state index in [9.17, 15) is 13.2 Å². The first-order valence-corrected chi connectivity index (χ1v) is 11.9. The first kappa shape index (κ1) is 21.8. The molecule has 0 spiro atoms. The second kappa shape index (κ2) is 8.99. The number of nitrogens with zero attached hydrogens (tertiary/aromatic N) is 3. The molecule has 0 radical (unpaired) electrons. The van der Waals surface area contributed by atoms with Gasteiger partial charge in [0.2, 0.25) is 5.91 Å². The van der Waals surface area contributed by atoms with Crippen LogP contribution in [-0.2, 0) is 27.8 Å². The summed E-state index contributed by atoms with van der Waals surface area (Å²) in [5.74, 6) is 1.74. The lowest BCUT2D eigenvalue weighted by Crippen LogP contribution is -2.14. The van der Waals surface area contributed by atoms with Crippen LogP contribution in [-0.4, -0.2) is 36.2 Å². The second-order valence-electron chi connectivity index (χ2n) is 7.63. The number of aryl methyl sites for hydroxylation is 1. The van der Waals surface area contributed by atoms with E-state index in [0.717, 1.165) is 49.4 Å². The zero-order valence-corrected chi connectivity index (χ0v) is 18.8. The number of hydrogen-bond donors (Lipinski definition) is 2. The molecule has 1 aliphatic heterocycles. The number of nitrogens with one attached hydrogen (secondary N) is 2. The van der Waals surface area contributed by atoms with E-state index >= 15 is 0 Å². The van der Waals surface area contributed by atoms with E-state index < -0.39 is 10.0 Å². The molecular weight excluding hydrogens is 430 g/mol. The molecule has 0 fully saturated rings. The molecule has 32 heavy (non-hydrogen) atoms. The molecule has 9 nitrogen and oxygen atoms in total. The monoisotopic (exact) mass is 455 g/mol. The van der Waals surface area contributed by atoms with Gasteiger partial charge >= 0.3 is 0 Å². The molecule has 168 valence electrons. The van der Waals surface area contributed by atoms with Crippen LogP contribution in [0.15, 0.2) is 47.4 Å². The van der Waals surface area contributed by atoms with Crippen molar-refractivity contribution in [1.29, 1.82) is 0 Å². The molecule has 0 atom stereocenters. The van der Waals surface area contributed by atoms with Gasteiger partial charge in [0.05, 0.1) is 17.7 Å². The Bertz CT molecular complexity index is 1250. The van der Waals surface area contributed by atoms with Crippen LogP contribution in [0.3, 0.4) is 0 Å². The van der Waals surface area contributed by atoms with Crippen molar-refractivity contribution in [2.45, 2.75) is 44.0 Å². The molecule has 0 unspecified atom stereocenters. The van der Waals surface area contributed by atoms with Crippen molar-refractivity contribution in [3.63, 3.8) is 0 Å². The van der Waals surface area contributed by atoms with Crippen LogP contribution in [0.5, 0.6) is 5.75 Å². The summed E-state index contributed by atoms with van der Waals surface area (Å²) in [6.07, 6.45) is 4.22. The molecule has 2 heterocycles. The molecular formula is C22H25N5O4S. The van der Waals surface area contributed by atoms with Crippen molar-refractivity contribution in [1.82, 2.24) is 14.8 Å². The van der Waals surface area contributed by atoms with Crippen LogP contribution in [0.25, 0.3) is 11.4 Å². The standard InChI is InChI=1S/C22H25N5O4S/c1-15(28)23-19-14-18(10-11-20(19)31-2)32(29,30)26-17-8-6-7-16(13-17)22-25-24-21-9-4-3-5-12-27(21)22/h6-8,10-11,13-14,26H,3-5,9,12H2,1-2H3,(H,23,28). The highest BCUT2D eigenvalue weighted by atomic mass is 32.2. The van der Waals surface area contributed by atoms with Crippen LogP contribution in [0.1, 0.15) is 32.0 Å². The predicted octanol–water partition coefficient (Wildman–Crippen LogP) is 3.44. The number of benzene rings is 2. The number of amides is 1. The van der Waals surface area contributed by atoms with E-state index in [1.54, 1.807) is 18.2 Å². The minimum absolute atomic E-state index is 0.00352. The molecule has 2 N–H and O–H groups in total. The molecule has 0 saturated heterocycles. The number of rotatable bonds is 6. The molecule has 4 rings (SSSR count). The molecule has 10 heteroatoms. The fourth-order valence-corrected chi connectivity index (χ4v) is 4.85. The molecule has 2 aromatic carbocycles. The van der Waals surface area contributed by atoms with Gasteiger partial charge < -0.3 is 14.6 Å². The van der Waals surface area contributed by atoms with Crippen LogP contribution < -0.4 is 14.8 Å². The van der Waals surface area contributed by atoms with Crippen molar-refractivity contribution in [3.05, 3.63) is 48.3 Å². The van der Waals surface area contributed by atoms with Crippen LogP contribution in [0.4, 0.5) is 11.4 Å². The number of carbonyl (C=O) groups excluding carboxylic acids is 1. The van der Waals surface area contributed by atoms with Gasteiger partial charge in [0.1, 0.15) is 11.6 Å². The number of anilines is 2. The minimum atomic E-state index is -3.91. The molecule has 0 aliphatic carbocycles. The summed E-state index contributed by atoms with van der Waals surface area (Å²) >= 11 is 0. The van der Waals surface area contributed by atoms with Crippen molar-refractivity contribution in [2.24, 2.45) is 0 Å². The first-order valence-electron chi connectivity index (χ1n) is 10.4. The Morgan fingerprint density at radius 1 is 1.09 bits per heavy atom. The third kappa shape index (κ3) is 4.59. The maximum Gasteiger partial charge on any atom is 0.261 e. The topological polar surface area (TPSA) is 115 Å². The highest BCUT2D eigenvalue weighted by Gasteiger charge is 2.19. The van der Waals surface area contributed by atoms with Crippen LogP contribution in [0.2, 0.25) is 0 Å². The predicted molar refractivity (Wildman–Crippen MR) is 121 cm³/mol. The zero-order valence-electron chi connectivity index (χ0n) is 18.0. The number of fused-ring (bicyclic) bond motifs is 1. The van der Waals surface area contributed by atoms with E-state index in [1.165, 1.54) is 32.2 Å². The van der Waals surface area contributed by atoms with Gasteiger partial charge in [-0.1, -0.05) is 18.6 Å². The quantitative estimate of drug-likeness (QED) is 0.588. The van der Waals surface area contributed by atoms with Gasteiger partial charge in [-0.3, -0.25) is 9.52 Å². The van der Waals surface area contributed by atoms with Crippen LogP contribution in [0, 0.1) is 0 Å². The summed E-state index contributed by atoms with van der Waals surface area (Å²) in [7, 11) is -2.46. The number of methoxy groups -OCH3 is 1. The Labute approximate surface area is 186 Å². The molecule has 0 saturated carbocycles. The third-order valence-corrected chi connectivity index (χ3v) is 6.65. The van der Waals surface area contributed by atoms with Gasteiger partial charge in [0, 0.05) is 31.1 Å². The number of ether oxygens (including phenoxy) is 1. The largest absolute Gasteiger partial charge is 0.495 e. The first-order chi connectivity index (χ1) is 15.4. The van der Waals surface area contributed by atoms with Crippen LogP contribution >= 0.6 is 0 Å². The smallest absolute Gasteiger partial charge is 0.261 e. The third-order valence-electron chi connectivity index (χ3n) is 5.27. The summed E-state index contributed by atoms with van der Waals surface area (Å²) in [4.78, 5) is 11.5. The van der Waals surface area contributed by atoms with Crippen molar-refractivity contribution in [3.8, 4) is 17.1 Å². The second-order valence-corrected chi connectivity index (χ2v) is 9.31. The molecule has 1 amide bonds. The SMILES string of the molecule is COc1ccc(S(=O)(=O)Nc2cccc(-c3nnc4n3CCCCC4)c2)cc1NC(C)=O. The maximum absolute atomic E-state index is 13.0. The minimum Gasteiger partial charge on any atom is -0.495 e. The fourth-order valence-electron chi connectivity index (χ4n) is 3.78.